The van der Waals surface area contributed by atoms with Gasteiger partial charge in [0, 0.05) is 0 Å². The monoisotopic (exact) mass is 261 g/mol. The van der Waals surface area contributed by atoms with Crippen molar-refractivity contribution in [2.24, 2.45) is 0 Å². The van der Waals surface area contributed by atoms with Crippen LogP contribution in [0.5, 0.6) is 5.75 Å². The molecule has 1 N–H and O–H groups in total. The molecule has 0 unspecified atom stereocenters. The van der Waals surface area contributed by atoms with E-state index in [1.165, 1.54) is 30.4 Å². The molecule has 1 aromatic rings. The summed E-state index contributed by atoms with van der Waals surface area (Å²) >= 11 is 0. The average Bonchev–Trinajstić information content (AvgIpc) is 2.46. The smallest absolute Gasteiger partial charge is 0.119 e. The highest BCUT2D eigenvalue weighted by Crippen LogP contribution is 2.19. The molecule has 1 aromatic carbocycles. The molecule has 0 aliphatic carbocycles. The van der Waals surface area contributed by atoms with Gasteiger partial charge in [-0.3, -0.25) is 0 Å². The molecule has 1 rings (SSSR count). The van der Waals surface area contributed by atoms with Crippen LogP contribution < -0.4 is 10.1 Å². The van der Waals surface area contributed by atoms with Gasteiger partial charge in [-0.25, -0.2) is 0 Å². The largest absolute Gasteiger partial charge is 0.494 e. The summed E-state index contributed by atoms with van der Waals surface area (Å²) in [5, 5.41) is 3.17. The van der Waals surface area contributed by atoms with E-state index in [2.05, 4.69) is 31.0 Å². The molecule has 106 valence electrons. The Morgan fingerprint density at radius 3 is 2.68 bits per heavy atom. The maximum Gasteiger partial charge on any atom is 0.119 e. The molecular formula is C17H27NO. The van der Waals surface area contributed by atoms with E-state index >= 15 is 0 Å². The lowest BCUT2D eigenvalue weighted by molar-refractivity contribution is 0.304. The lowest BCUT2D eigenvalue weighted by atomic mass is 10.1. The maximum atomic E-state index is 5.80. The van der Waals surface area contributed by atoms with Crippen LogP contribution in [-0.4, -0.2) is 20.2 Å². The minimum atomic E-state index is 0.816. The van der Waals surface area contributed by atoms with E-state index < -0.39 is 0 Å². The van der Waals surface area contributed by atoms with Crippen molar-refractivity contribution >= 4 is 6.08 Å². The molecule has 0 heterocycles. The van der Waals surface area contributed by atoms with E-state index in [-0.39, 0.29) is 0 Å². The van der Waals surface area contributed by atoms with Gasteiger partial charge in [-0.15, -0.1) is 0 Å². The molecule has 0 aliphatic rings. The topological polar surface area (TPSA) is 21.3 Å². The first-order valence-electron chi connectivity index (χ1n) is 7.34. The number of hydrogen-bond acceptors (Lipinski definition) is 2. The van der Waals surface area contributed by atoms with Crippen LogP contribution in [0.1, 0.15) is 43.7 Å². The van der Waals surface area contributed by atoms with Crippen molar-refractivity contribution in [3.63, 3.8) is 0 Å². The Balaban J connectivity index is 2.27. The Morgan fingerprint density at radius 1 is 1.21 bits per heavy atom. The first-order valence-corrected chi connectivity index (χ1v) is 7.34. The van der Waals surface area contributed by atoms with Crippen molar-refractivity contribution in [1.82, 2.24) is 5.32 Å². The predicted molar refractivity (Wildman–Crippen MR) is 83.8 cm³/mol. The van der Waals surface area contributed by atoms with Crippen LogP contribution in [0.4, 0.5) is 0 Å². The number of aryl methyl sites for hydroxylation is 1. The third kappa shape index (κ3) is 5.93. The second-order valence-corrected chi connectivity index (χ2v) is 4.78. The molecule has 0 spiro atoms. The van der Waals surface area contributed by atoms with Crippen LogP contribution in [-0.2, 0) is 6.42 Å². The highest BCUT2D eigenvalue weighted by Gasteiger charge is 2.00. The Morgan fingerprint density at radius 2 is 2.00 bits per heavy atom. The van der Waals surface area contributed by atoms with Crippen molar-refractivity contribution in [2.75, 3.05) is 20.2 Å². The fourth-order valence-corrected chi connectivity index (χ4v) is 2.12. The van der Waals surface area contributed by atoms with Gasteiger partial charge in [0.05, 0.1) is 6.61 Å². The summed E-state index contributed by atoms with van der Waals surface area (Å²) in [5.74, 6) is 0.984. The SMILES string of the molecule is C=Cc1ccc(OCCCCCCNC)cc1CC. The third-order valence-electron chi connectivity index (χ3n) is 3.31. The van der Waals surface area contributed by atoms with Crippen molar-refractivity contribution in [2.45, 2.75) is 39.0 Å². The summed E-state index contributed by atoms with van der Waals surface area (Å²) < 4.78 is 5.80. The van der Waals surface area contributed by atoms with E-state index in [4.69, 9.17) is 4.74 Å². The molecule has 2 heteroatoms. The highest BCUT2D eigenvalue weighted by atomic mass is 16.5. The van der Waals surface area contributed by atoms with Crippen molar-refractivity contribution in [3.8, 4) is 5.75 Å². The average molecular weight is 261 g/mol. The second-order valence-electron chi connectivity index (χ2n) is 4.78. The molecule has 2 nitrogen and oxygen atoms in total. The predicted octanol–water partition coefficient (Wildman–Crippen LogP) is 4.05. The fraction of sp³-hybridized carbons (Fsp3) is 0.529. The van der Waals surface area contributed by atoms with Gasteiger partial charge in [-0.1, -0.05) is 38.5 Å². The second kappa shape index (κ2) is 9.62. The van der Waals surface area contributed by atoms with E-state index in [9.17, 15) is 0 Å². The Labute approximate surface area is 117 Å². The van der Waals surface area contributed by atoms with Gasteiger partial charge in [-0.2, -0.15) is 0 Å². The van der Waals surface area contributed by atoms with Crippen LogP contribution in [0.15, 0.2) is 24.8 Å². The van der Waals surface area contributed by atoms with Crippen molar-refractivity contribution in [3.05, 3.63) is 35.9 Å². The molecule has 0 aliphatic heterocycles. The summed E-state index contributed by atoms with van der Waals surface area (Å²) in [6.45, 7) is 7.93. The number of hydrogen-bond donors (Lipinski definition) is 1. The zero-order valence-corrected chi connectivity index (χ0v) is 12.4. The van der Waals surface area contributed by atoms with Crippen LogP contribution in [0.25, 0.3) is 6.08 Å². The standard InChI is InChI=1S/C17H27NO/c1-4-15-10-11-17(14-16(15)5-2)19-13-9-7-6-8-12-18-3/h4,10-11,14,18H,1,5-9,12-13H2,2-3H3. The quantitative estimate of drug-likeness (QED) is 0.642. The molecule has 0 saturated heterocycles. The van der Waals surface area contributed by atoms with Gasteiger partial charge < -0.3 is 10.1 Å². The molecule has 0 fully saturated rings. The normalized spacial score (nSPS) is 10.4. The van der Waals surface area contributed by atoms with Crippen LogP contribution >= 0.6 is 0 Å². The summed E-state index contributed by atoms with van der Waals surface area (Å²) in [5.41, 5.74) is 2.52. The lowest BCUT2D eigenvalue weighted by Crippen LogP contribution is -2.07. The summed E-state index contributed by atoms with van der Waals surface area (Å²) in [6, 6.07) is 6.27. The fourth-order valence-electron chi connectivity index (χ4n) is 2.12. The molecule has 0 atom stereocenters. The van der Waals surface area contributed by atoms with Gasteiger partial charge in [0.2, 0.25) is 0 Å². The van der Waals surface area contributed by atoms with Gasteiger partial charge in [0.1, 0.15) is 5.75 Å². The van der Waals surface area contributed by atoms with Crippen LogP contribution in [0.3, 0.4) is 0 Å². The maximum absolute atomic E-state index is 5.80. The summed E-state index contributed by atoms with van der Waals surface area (Å²) in [4.78, 5) is 0. The number of unbranched alkanes of at least 4 members (excludes halogenated alkanes) is 3. The molecule has 19 heavy (non-hydrogen) atoms. The zero-order valence-electron chi connectivity index (χ0n) is 12.4. The molecule has 0 aromatic heterocycles. The first-order chi connectivity index (χ1) is 9.31. The molecule has 0 amide bonds. The number of benzene rings is 1. The molecule has 0 saturated carbocycles. The lowest BCUT2D eigenvalue weighted by Gasteiger charge is -2.09. The molecule has 0 bridgehead atoms. The van der Waals surface area contributed by atoms with E-state index in [0.717, 1.165) is 31.7 Å². The first kappa shape index (κ1) is 15.8. The Bertz CT molecular complexity index is 374. The molecular weight excluding hydrogens is 234 g/mol. The van der Waals surface area contributed by atoms with Crippen molar-refractivity contribution < 1.29 is 4.74 Å². The highest BCUT2D eigenvalue weighted by molar-refractivity contribution is 5.54. The Kier molecular flexibility index (Phi) is 7.99. The van der Waals surface area contributed by atoms with E-state index in [1.807, 2.05) is 19.2 Å². The van der Waals surface area contributed by atoms with Gasteiger partial charge in [0.25, 0.3) is 0 Å². The van der Waals surface area contributed by atoms with Gasteiger partial charge in [-0.05, 0) is 56.1 Å². The summed E-state index contributed by atoms with van der Waals surface area (Å²) in [7, 11) is 2.00. The van der Waals surface area contributed by atoms with Gasteiger partial charge >= 0.3 is 0 Å². The number of rotatable bonds is 10. The number of nitrogens with one attached hydrogen (secondary N) is 1. The Hall–Kier alpha value is -1.28. The van der Waals surface area contributed by atoms with E-state index in [0.29, 0.717) is 0 Å². The van der Waals surface area contributed by atoms with E-state index in [1.54, 1.807) is 0 Å². The zero-order chi connectivity index (χ0) is 13.9. The minimum Gasteiger partial charge on any atom is -0.494 e. The minimum absolute atomic E-state index is 0.816. The van der Waals surface area contributed by atoms with Crippen molar-refractivity contribution in [1.29, 1.82) is 0 Å². The van der Waals surface area contributed by atoms with Crippen LogP contribution in [0.2, 0.25) is 0 Å². The summed E-state index contributed by atoms with van der Waals surface area (Å²) in [6.07, 6.45) is 7.83. The van der Waals surface area contributed by atoms with Gasteiger partial charge in [0.15, 0.2) is 0 Å². The van der Waals surface area contributed by atoms with Crippen LogP contribution in [0, 0.1) is 0 Å². The molecule has 0 radical (unpaired) electrons. The number of ether oxygens (including phenoxy) is 1. The third-order valence-corrected chi connectivity index (χ3v) is 3.31.